The molecule has 1 N–H and O–H groups in total. The smallest absolute Gasteiger partial charge is 0.391 e. The van der Waals surface area contributed by atoms with Crippen molar-refractivity contribution in [3.63, 3.8) is 0 Å². The molecule has 33 heavy (non-hydrogen) atoms. The minimum Gasteiger partial charge on any atom is -0.391 e. The molecule has 3 aromatic rings. The summed E-state index contributed by atoms with van der Waals surface area (Å²) in [5.41, 5.74) is 0.128. The molecule has 0 spiro atoms. The van der Waals surface area contributed by atoms with Crippen LogP contribution in [0.15, 0.2) is 30.5 Å². The lowest BCUT2D eigenvalue weighted by Gasteiger charge is -2.27. The van der Waals surface area contributed by atoms with Crippen molar-refractivity contribution in [1.29, 1.82) is 5.26 Å². The summed E-state index contributed by atoms with van der Waals surface area (Å²) in [5.74, 6) is -0.0537. The minimum atomic E-state index is -4.73. The van der Waals surface area contributed by atoms with Gasteiger partial charge in [-0.25, -0.2) is 14.4 Å². The number of nitrogens with zero attached hydrogens (tertiary/aromatic N) is 5. The van der Waals surface area contributed by atoms with Crippen LogP contribution in [0, 0.1) is 37.9 Å². The first kappa shape index (κ1) is 22.7. The number of anilines is 1. The number of imidazole rings is 1. The first-order valence-corrected chi connectivity index (χ1v) is 10.3. The van der Waals surface area contributed by atoms with E-state index in [0.29, 0.717) is 22.8 Å². The van der Waals surface area contributed by atoms with E-state index < -0.39 is 29.4 Å². The molecule has 6 nitrogen and oxygen atoms in total. The molecule has 1 aliphatic heterocycles. The van der Waals surface area contributed by atoms with Crippen LogP contribution >= 0.6 is 0 Å². The number of aliphatic hydroxyl groups excluding tert-OH is 1. The number of nitriles is 1. The van der Waals surface area contributed by atoms with E-state index in [-0.39, 0.29) is 30.3 Å². The summed E-state index contributed by atoms with van der Waals surface area (Å²) in [5, 5.41) is 20.0. The first-order valence-electron chi connectivity index (χ1n) is 10.3. The third kappa shape index (κ3) is 4.16. The van der Waals surface area contributed by atoms with Crippen molar-refractivity contribution in [3.8, 4) is 11.8 Å². The molecule has 0 bridgehead atoms. The molecule has 0 aliphatic carbocycles. The van der Waals surface area contributed by atoms with Crippen LogP contribution in [-0.2, 0) is 6.18 Å². The van der Waals surface area contributed by atoms with Gasteiger partial charge in [-0.1, -0.05) is 0 Å². The van der Waals surface area contributed by atoms with Crippen molar-refractivity contribution in [2.24, 2.45) is 0 Å². The normalized spacial score (nSPS) is 18.6. The van der Waals surface area contributed by atoms with Crippen LogP contribution in [0.2, 0.25) is 0 Å². The van der Waals surface area contributed by atoms with E-state index in [1.54, 1.807) is 42.8 Å². The second-order valence-electron chi connectivity index (χ2n) is 8.22. The molecule has 1 aromatic carbocycles. The van der Waals surface area contributed by atoms with E-state index in [1.807, 2.05) is 0 Å². The molecular formula is C23H21F4N5O. The summed E-state index contributed by atoms with van der Waals surface area (Å²) in [6.45, 7) is 4.80. The molecule has 1 aliphatic rings. The van der Waals surface area contributed by atoms with Crippen LogP contribution in [0.1, 0.15) is 46.4 Å². The van der Waals surface area contributed by atoms with E-state index in [1.165, 1.54) is 17.9 Å². The highest BCUT2D eigenvalue weighted by atomic mass is 19.4. The Labute approximate surface area is 187 Å². The number of benzene rings is 1. The molecular weight excluding hydrogens is 438 g/mol. The number of hydrogen-bond donors (Lipinski definition) is 1. The van der Waals surface area contributed by atoms with Gasteiger partial charge in [0, 0.05) is 30.5 Å². The Balaban J connectivity index is 1.87. The number of aliphatic hydroxyl groups is 1. The van der Waals surface area contributed by atoms with Gasteiger partial charge in [-0.3, -0.25) is 0 Å². The van der Waals surface area contributed by atoms with Crippen molar-refractivity contribution in [3.05, 3.63) is 70.2 Å². The Hall–Kier alpha value is -3.45. The van der Waals surface area contributed by atoms with E-state index in [9.17, 15) is 27.9 Å². The third-order valence-corrected chi connectivity index (χ3v) is 5.67. The zero-order chi connectivity index (χ0) is 24.1. The Morgan fingerprint density at radius 2 is 1.85 bits per heavy atom. The molecule has 1 saturated heterocycles. The quantitative estimate of drug-likeness (QED) is 0.582. The van der Waals surface area contributed by atoms with Gasteiger partial charge in [0.15, 0.2) is 0 Å². The topological polar surface area (TPSA) is 78.0 Å². The second kappa shape index (κ2) is 8.15. The van der Waals surface area contributed by atoms with E-state index in [2.05, 4.69) is 9.97 Å². The van der Waals surface area contributed by atoms with Gasteiger partial charge in [0.25, 0.3) is 0 Å². The van der Waals surface area contributed by atoms with Crippen molar-refractivity contribution in [2.75, 3.05) is 11.4 Å². The summed E-state index contributed by atoms with van der Waals surface area (Å²) < 4.78 is 56.5. The number of pyridine rings is 1. The van der Waals surface area contributed by atoms with Gasteiger partial charge in [0.2, 0.25) is 0 Å². The van der Waals surface area contributed by atoms with E-state index in [4.69, 9.17) is 0 Å². The van der Waals surface area contributed by atoms with Gasteiger partial charge in [-0.2, -0.15) is 18.4 Å². The zero-order valence-corrected chi connectivity index (χ0v) is 18.2. The zero-order valence-electron chi connectivity index (χ0n) is 18.2. The van der Waals surface area contributed by atoms with Crippen LogP contribution in [0.5, 0.6) is 0 Å². The molecule has 0 amide bonds. The SMILES string of the molecule is Cc1cc(C(F)(F)F)c(C#N)c(N2CC(O)CC2c2nc(C)cn2-c2ccc(F)c(C)c2)n1. The average Bonchev–Trinajstić information content (AvgIpc) is 3.31. The lowest BCUT2D eigenvalue weighted by molar-refractivity contribution is -0.137. The average molecular weight is 459 g/mol. The molecule has 0 saturated carbocycles. The minimum absolute atomic E-state index is 0.0125. The highest BCUT2D eigenvalue weighted by Gasteiger charge is 2.41. The Bertz CT molecular complexity index is 1260. The Kier molecular flexibility index (Phi) is 5.62. The van der Waals surface area contributed by atoms with Gasteiger partial charge >= 0.3 is 6.18 Å². The first-order chi connectivity index (χ1) is 15.5. The number of aryl methyl sites for hydroxylation is 3. The molecule has 2 unspecified atom stereocenters. The second-order valence-corrected chi connectivity index (χ2v) is 8.22. The molecule has 10 heteroatoms. The summed E-state index contributed by atoms with van der Waals surface area (Å²) in [6.07, 6.45) is -3.68. The van der Waals surface area contributed by atoms with Crippen molar-refractivity contribution < 1.29 is 22.7 Å². The highest BCUT2D eigenvalue weighted by molar-refractivity contribution is 5.61. The monoisotopic (exact) mass is 459 g/mol. The largest absolute Gasteiger partial charge is 0.417 e. The fraction of sp³-hybridized carbons (Fsp3) is 0.348. The van der Waals surface area contributed by atoms with Crippen LogP contribution in [0.25, 0.3) is 5.69 Å². The summed E-state index contributed by atoms with van der Waals surface area (Å²) in [6, 6.07) is 6.40. The number of hydrogen-bond acceptors (Lipinski definition) is 5. The molecule has 172 valence electrons. The molecule has 3 heterocycles. The van der Waals surface area contributed by atoms with Crippen molar-refractivity contribution in [1.82, 2.24) is 14.5 Å². The number of β-amino-alcohol motifs (C(OH)–C–C–N with tert-alkyl or cyclic N) is 1. The van der Waals surface area contributed by atoms with Gasteiger partial charge in [-0.05, 0) is 50.6 Å². The van der Waals surface area contributed by atoms with Gasteiger partial charge in [0.05, 0.1) is 23.4 Å². The maximum atomic E-state index is 13.8. The number of halogens is 4. The fourth-order valence-corrected chi connectivity index (χ4v) is 4.23. The van der Waals surface area contributed by atoms with Gasteiger partial charge in [-0.15, -0.1) is 0 Å². The molecule has 2 atom stereocenters. The van der Waals surface area contributed by atoms with Crippen molar-refractivity contribution >= 4 is 5.82 Å². The standard InChI is InChI=1S/C23H21F4N5O/c1-12-6-15(4-5-19(12)24)31-10-14(3)30-22(31)20-8-16(33)11-32(20)21-17(9-28)18(23(25,26)27)7-13(2)29-21/h4-7,10,16,20,33H,8,11H2,1-3H3. The molecule has 0 radical (unpaired) electrons. The van der Waals surface area contributed by atoms with Crippen LogP contribution in [0.4, 0.5) is 23.4 Å². The third-order valence-electron chi connectivity index (χ3n) is 5.67. The maximum absolute atomic E-state index is 13.8. The van der Waals surface area contributed by atoms with Gasteiger partial charge in [0.1, 0.15) is 29.1 Å². The summed E-state index contributed by atoms with van der Waals surface area (Å²) >= 11 is 0. The molecule has 2 aromatic heterocycles. The number of rotatable bonds is 3. The van der Waals surface area contributed by atoms with Crippen LogP contribution in [-0.4, -0.2) is 32.3 Å². The Morgan fingerprint density at radius 3 is 2.48 bits per heavy atom. The number of aromatic nitrogens is 3. The van der Waals surface area contributed by atoms with Crippen LogP contribution < -0.4 is 4.90 Å². The van der Waals surface area contributed by atoms with Crippen molar-refractivity contribution in [2.45, 2.75) is 45.5 Å². The predicted molar refractivity (Wildman–Crippen MR) is 112 cm³/mol. The van der Waals surface area contributed by atoms with E-state index >= 15 is 0 Å². The summed E-state index contributed by atoms with van der Waals surface area (Å²) in [7, 11) is 0. The highest BCUT2D eigenvalue weighted by Crippen LogP contribution is 2.41. The molecule has 1 fully saturated rings. The Morgan fingerprint density at radius 1 is 1.12 bits per heavy atom. The summed E-state index contributed by atoms with van der Waals surface area (Å²) in [4.78, 5) is 10.3. The lowest BCUT2D eigenvalue weighted by atomic mass is 10.1. The van der Waals surface area contributed by atoms with Crippen LogP contribution in [0.3, 0.4) is 0 Å². The predicted octanol–water partition coefficient (Wildman–Crippen LogP) is 4.53. The maximum Gasteiger partial charge on any atom is 0.417 e. The number of alkyl halides is 3. The molecule has 4 rings (SSSR count). The van der Waals surface area contributed by atoms with Gasteiger partial charge < -0.3 is 14.6 Å². The van der Waals surface area contributed by atoms with E-state index in [0.717, 1.165) is 6.07 Å². The fourth-order valence-electron chi connectivity index (χ4n) is 4.23. The lowest BCUT2D eigenvalue weighted by Crippen LogP contribution is -2.29.